The number of thioether (sulfide) groups is 1. The Morgan fingerprint density at radius 3 is 2.27 bits per heavy atom. The topological polar surface area (TPSA) is 51.0 Å². The number of carbonyl (C=O) groups excluding carboxylic acids is 1. The number of benzene rings is 2. The molecule has 0 spiro atoms. The summed E-state index contributed by atoms with van der Waals surface area (Å²) >= 11 is 1.44. The second kappa shape index (κ2) is 9.04. The molecule has 1 aromatic heterocycles. The number of aromatic nitrogens is 3. The summed E-state index contributed by atoms with van der Waals surface area (Å²) in [5.41, 5.74) is 3.32. The summed E-state index contributed by atoms with van der Waals surface area (Å²) in [6.45, 7) is 11.1. The first kappa shape index (κ1) is 22.1. The fourth-order valence-corrected chi connectivity index (χ4v) is 4.17. The number of hydrogen-bond donors (Lipinski definition) is 0. The maximum absolute atomic E-state index is 13.0. The van der Waals surface area contributed by atoms with Gasteiger partial charge in [0.15, 0.2) is 11.0 Å². The Bertz CT molecular complexity index is 990. The van der Waals surface area contributed by atoms with Crippen molar-refractivity contribution in [3.8, 4) is 11.4 Å². The molecule has 3 rings (SSSR count). The molecular formula is C24H30N4OS. The van der Waals surface area contributed by atoms with E-state index in [0.29, 0.717) is 6.54 Å². The summed E-state index contributed by atoms with van der Waals surface area (Å²) in [5, 5.41) is 9.19. The molecule has 0 saturated heterocycles. The van der Waals surface area contributed by atoms with Gasteiger partial charge in [-0.15, -0.1) is 10.2 Å². The molecule has 0 radical (unpaired) electrons. The standard InChI is InChI=1S/C24H30N4OS/c1-7-28(20-11-9-8-10-12-20)22(29)17(2)30-23-26-25-21(27(23)6)18-13-15-19(16-14-18)24(3,4)5/h8-17H,7H2,1-6H3/t17-/m0/s1. The van der Waals surface area contributed by atoms with Crippen LogP contribution in [0.3, 0.4) is 0 Å². The number of amides is 1. The summed E-state index contributed by atoms with van der Waals surface area (Å²) in [7, 11) is 1.95. The molecule has 0 aliphatic rings. The lowest BCUT2D eigenvalue weighted by Gasteiger charge is -2.24. The summed E-state index contributed by atoms with van der Waals surface area (Å²) in [5.74, 6) is 0.862. The lowest BCUT2D eigenvalue weighted by atomic mass is 9.87. The molecule has 3 aromatic rings. The van der Waals surface area contributed by atoms with Crippen molar-refractivity contribution >= 4 is 23.4 Å². The number of rotatable bonds is 6. The van der Waals surface area contributed by atoms with Crippen LogP contribution in [0.4, 0.5) is 5.69 Å². The minimum absolute atomic E-state index is 0.0628. The van der Waals surface area contributed by atoms with Crippen molar-refractivity contribution in [3.05, 3.63) is 60.2 Å². The molecule has 0 N–H and O–H groups in total. The molecule has 1 amide bonds. The molecular weight excluding hydrogens is 392 g/mol. The van der Waals surface area contributed by atoms with Gasteiger partial charge in [-0.3, -0.25) is 4.79 Å². The van der Waals surface area contributed by atoms with E-state index in [2.05, 4.69) is 55.2 Å². The first-order valence-electron chi connectivity index (χ1n) is 10.3. The van der Waals surface area contributed by atoms with Crippen molar-refractivity contribution in [1.82, 2.24) is 14.8 Å². The molecule has 0 bridgehead atoms. The van der Waals surface area contributed by atoms with Crippen LogP contribution in [0.5, 0.6) is 0 Å². The zero-order valence-corrected chi connectivity index (χ0v) is 19.4. The molecule has 1 atom stereocenters. The van der Waals surface area contributed by atoms with Crippen molar-refractivity contribution in [2.75, 3.05) is 11.4 Å². The molecule has 0 aliphatic carbocycles. The SMILES string of the molecule is CCN(C(=O)[C@H](C)Sc1nnc(-c2ccc(C(C)(C)C)cc2)n1C)c1ccccc1. The number of nitrogens with zero attached hydrogens (tertiary/aromatic N) is 4. The van der Waals surface area contributed by atoms with Gasteiger partial charge in [0.05, 0.1) is 5.25 Å². The highest BCUT2D eigenvalue weighted by molar-refractivity contribution is 8.00. The van der Waals surface area contributed by atoms with Crippen LogP contribution in [-0.2, 0) is 17.3 Å². The highest BCUT2D eigenvalue weighted by Crippen LogP contribution is 2.29. The maximum Gasteiger partial charge on any atom is 0.240 e. The van der Waals surface area contributed by atoms with Crippen LogP contribution in [0.2, 0.25) is 0 Å². The van der Waals surface area contributed by atoms with Gasteiger partial charge < -0.3 is 9.47 Å². The average molecular weight is 423 g/mol. The van der Waals surface area contributed by atoms with Crippen LogP contribution in [-0.4, -0.2) is 32.5 Å². The number of carbonyl (C=O) groups is 1. The van der Waals surface area contributed by atoms with Crippen LogP contribution in [0.25, 0.3) is 11.4 Å². The molecule has 2 aromatic carbocycles. The van der Waals surface area contributed by atoms with E-state index in [1.165, 1.54) is 17.3 Å². The number of hydrogen-bond acceptors (Lipinski definition) is 4. The van der Waals surface area contributed by atoms with E-state index in [1.807, 2.05) is 55.8 Å². The van der Waals surface area contributed by atoms with Crippen LogP contribution < -0.4 is 4.90 Å². The molecule has 0 fully saturated rings. The van der Waals surface area contributed by atoms with Gasteiger partial charge in [0.2, 0.25) is 5.91 Å². The third kappa shape index (κ3) is 4.75. The second-order valence-corrected chi connectivity index (χ2v) is 9.68. The summed E-state index contributed by atoms with van der Waals surface area (Å²) < 4.78 is 1.96. The van der Waals surface area contributed by atoms with Crippen LogP contribution >= 0.6 is 11.8 Å². The van der Waals surface area contributed by atoms with E-state index in [-0.39, 0.29) is 16.6 Å². The molecule has 0 aliphatic heterocycles. The first-order chi connectivity index (χ1) is 14.2. The number of anilines is 1. The van der Waals surface area contributed by atoms with E-state index in [9.17, 15) is 4.79 Å². The molecule has 0 saturated carbocycles. The molecule has 0 unspecified atom stereocenters. The van der Waals surface area contributed by atoms with Crippen LogP contribution in [0, 0.1) is 0 Å². The lowest BCUT2D eigenvalue weighted by molar-refractivity contribution is -0.117. The molecule has 30 heavy (non-hydrogen) atoms. The molecule has 6 heteroatoms. The van der Waals surface area contributed by atoms with E-state index >= 15 is 0 Å². The quantitative estimate of drug-likeness (QED) is 0.505. The van der Waals surface area contributed by atoms with Crippen LogP contribution in [0.1, 0.15) is 40.2 Å². The molecule has 158 valence electrons. The maximum atomic E-state index is 13.0. The first-order valence-corrected chi connectivity index (χ1v) is 11.1. The third-order valence-corrected chi connectivity index (χ3v) is 6.25. The fraction of sp³-hybridized carbons (Fsp3) is 0.375. The highest BCUT2D eigenvalue weighted by atomic mass is 32.2. The smallest absolute Gasteiger partial charge is 0.240 e. The number of para-hydroxylation sites is 1. The minimum Gasteiger partial charge on any atom is -0.312 e. The minimum atomic E-state index is -0.274. The third-order valence-electron chi connectivity index (χ3n) is 5.12. The van der Waals surface area contributed by atoms with Crippen molar-refractivity contribution in [1.29, 1.82) is 0 Å². The van der Waals surface area contributed by atoms with Gasteiger partial charge in [0, 0.05) is 24.8 Å². The Morgan fingerprint density at radius 2 is 1.70 bits per heavy atom. The van der Waals surface area contributed by atoms with Gasteiger partial charge in [-0.05, 0) is 37.0 Å². The van der Waals surface area contributed by atoms with Gasteiger partial charge >= 0.3 is 0 Å². The predicted molar refractivity (Wildman–Crippen MR) is 125 cm³/mol. The summed E-state index contributed by atoms with van der Waals surface area (Å²) in [4.78, 5) is 14.9. The van der Waals surface area contributed by atoms with Gasteiger partial charge in [-0.25, -0.2) is 0 Å². The van der Waals surface area contributed by atoms with E-state index < -0.39 is 0 Å². The normalized spacial score (nSPS) is 12.6. The lowest BCUT2D eigenvalue weighted by Crippen LogP contribution is -2.36. The Kier molecular flexibility index (Phi) is 6.66. The Hall–Kier alpha value is -2.60. The zero-order valence-electron chi connectivity index (χ0n) is 18.6. The van der Waals surface area contributed by atoms with E-state index in [1.54, 1.807) is 4.90 Å². The average Bonchev–Trinajstić information content (AvgIpc) is 3.09. The van der Waals surface area contributed by atoms with Crippen molar-refractivity contribution in [2.24, 2.45) is 7.05 Å². The van der Waals surface area contributed by atoms with Gasteiger partial charge in [0.1, 0.15) is 0 Å². The second-order valence-electron chi connectivity index (χ2n) is 8.37. The summed E-state index contributed by atoms with van der Waals surface area (Å²) in [6, 6.07) is 18.2. The summed E-state index contributed by atoms with van der Waals surface area (Å²) in [6.07, 6.45) is 0. The monoisotopic (exact) mass is 422 g/mol. The Morgan fingerprint density at radius 1 is 1.07 bits per heavy atom. The van der Waals surface area contributed by atoms with Gasteiger partial charge in [0.25, 0.3) is 0 Å². The van der Waals surface area contributed by atoms with E-state index in [4.69, 9.17) is 0 Å². The Labute approximate surface area is 183 Å². The van der Waals surface area contributed by atoms with Crippen molar-refractivity contribution < 1.29 is 4.79 Å². The van der Waals surface area contributed by atoms with E-state index in [0.717, 1.165) is 22.2 Å². The zero-order chi connectivity index (χ0) is 21.9. The molecule has 5 nitrogen and oxygen atoms in total. The van der Waals surface area contributed by atoms with Crippen LogP contribution in [0.15, 0.2) is 59.8 Å². The molecule has 1 heterocycles. The highest BCUT2D eigenvalue weighted by Gasteiger charge is 2.24. The van der Waals surface area contributed by atoms with Gasteiger partial charge in [-0.2, -0.15) is 0 Å². The van der Waals surface area contributed by atoms with Crippen molar-refractivity contribution in [3.63, 3.8) is 0 Å². The van der Waals surface area contributed by atoms with Crippen molar-refractivity contribution in [2.45, 2.75) is 50.4 Å². The fourth-order valence-electron chi connectivity index (χ4n) is 3.29. The van der Waals surface area contributed by atoms with Gasteiger partial charge in [-0.1, -0.05) is 75.0 Å². The predicted octanol–water partition coefficient (Wildman–Crippen LogP) is 5.31. The largest absolute Gasteiger partial charge is 0.312 e. The Balaban J connectivity index is 1.76.